The average Bonchev–Trinajstić information content (AvgIpc) is 3.32. The van der Waals surface area contributed by atoms with Crippen molar-refractivity contribution in [2.75, 3.05) is 0 Å². The van der Waals surface area contributed by atoms with Crippen molar-refractivity contribution in [2.24, 2.45) is 5.92 Å². The molecule has 130 valence electrons. The molecule has 1 amide bonds. The van der Waals surface area contributed by atoms with E-state index in [1.807, 2.05) is 4.90 Å². The van der Waals surface area contributed by atoms with Crippen LogP contribution in [-0.4, -0.2) is 47.2 Å². The quantitative estimate of drug-likeness (QED) is 0.811. The molecule has 0 spiro atoms. The highest BCUT2D eigenvalue weighted by atomic mass is 16.2. The first-order valence-electron chi connectivity index (χ1n) is 8.95. The number of amides is 1. The summed E-state index contributed by atoms with van der Waals surface area (Å²) in [6.45, 7) is 1.27. The van der Waals surface area contributed by atoms with Gasteiger partial charge in [-0.25, -0.2) is 19.4 Å². The number of carbonyl (C=O) groups excluding carboxylic acids is 1. The lowest BCUT2D eigenvalue weighted by Crippen LogP contribution is -2.43. The molecule has 8 heteroatoms. The summed E-state index contributed by atoms with van der Waals surface area (Å²) in [5, 5.41) is 4.58. The molecular weight excluding hydrogens is 320 g/mol. The van der Waals surface area contributed by atoms with E-state index >= 15 is 0 Å². The summed E-state index contributed by atoms with van der Waals surface area (Å²) in [7, 11) is 0. The molecule has 0 unspecified atom stereocenters. The summed E-state index contributed by atoms with van der Waals surface area (Å²) < 4.78 is 3.42. The summed E-state index contributed by atoms with van der Waals surface area (Å²) in [6.07, 6.45) is 9.44. The van der Waals surface area contributed by atoms with E-state index < -0.39 is 0 Å². The normalized spacial score (nSPS) is 24.9. The smallest absolute Gasteiger partial charge is 0.330 e. The minimum absolute atomic E-state index is 0.0232. The third-order valence-corrected chi connectivity index (χ3v) is 5.60. The standard InChI is InChI=1S/C17H20N6O2/c24-16(12-6-18-10-19-7-12)23-13-3-4-14(23)9-21-15(5-13)20-22(17(21)25)8-11-1-2-11/h6-7,10-11,13-14H,1-5,8-9H2/t13-,14+/m0/s1. The summed E-state index contributed by atoms with van der Waals surface area (Å²) >= 11 is 0. The average molecular weight is 340 g/mol. The highest BCUT2D eigenvalue weighted by Crippen LogP contribution is 2.32. The number of aromatic nitrogens is 5. The molecule has 0 aromatic carbocycles. The fourth-order valence-corrected chi connectivity index (χ4v) is 4.14. The van der Waals surface area contributed by atoms with Crippen LogP contribution in [0.15, 0.2) is 23.5 Å². The van der Waals surface area contributed by atoms with Gasteiger partial charge in [0.25, 0.3) is 5.91 Å². The predicted molar refractivity (Wildman–Crippen MR) is 87.9 cm³/mol. The zero-order valence-corrected chi connectivity index (χ0v) is 13.9. The highest BCUT2D eigenvalue weighted by Gasteiger charge is 2.41. The summed E-state index contributed by atoms with van der Waals surface area (Å²) in [4.78, 5) is 35.5. The monoisotopic (exact) mass is 340 g/mol. The number of fused-ring (bicyclic) bond motifs is 3. The first kappa shape index (κ1) is 14.8. The molecular formula is C17H20N6O2. The van der Waals surface area contributed by atoms with Gasteiger partial charge in [-0.05, 0) is 31.6 Å². The van der Waals surface area contributed by atoms with Crippen molar-refractivity contribution < 1.29 is 4.79 Å². The van der Waals surface area contributed by atoms with Gasteiger partial charge < -0.3 is 4.90 Å². The van der Waals surface area contributed by atoms with E-state index in [2.05, 4.69) is 15.1 Å². The maximum atomic E-state index is 12.9. The molecule has 0 radical (unpaired) electrons. The maximum Gasteiger partial charge on any atom is 0.345 e. The fraction of sp³-hybridized carbons (Fsp3) is 0.588. The topological polar surface area (TPSA) is 85.9 Å². The Bertz CT molecular complexity index is 869. The van der Waals surface area contributed by atoms with E-state index in [4.69, 9.17) is 0 Å². The van der Waals surface area contributed by atoms with Gasteiger partial charge in [0.1, 0.15) is 12.2 Å². The van der Waals surface area contributed by atoms with Crippen LogP contribution in [0.4, 0.5) is 0 Å². The molecule has 2 fully saturated rings. The first-order chi connectivity index (χ1) is 12.2. The Morgan fingerprint density at radius 2 is 1.88 bits per heavy atom. The Balaban J connectivity index is 1.45. The molecule has 4 heterocycles. The second kappa shape index (κ2) is 5.50. The van der Waals surface area contributed by atoms with Crippen LogP contribution in [0.1, 0.15) is 41.9 Å². The molecule has 1 aliphatic carbocycles. The molecule has 2 bridgehead atoms. The lowest BCUT2D eigenvalue weighted by atomic mass is 10.1. The number of hydrogen-bond donors (Lipinski definition) is 0. The zero-order chi connectivity index (χ0) is 17.0. The largest absolute Gasteiger partial charge is 0.345 e. The van der Waals surface area contributed by atoms with Crippen LogP contribution in [0, 0.1) is 5.92 Å². The Labute approximate surface area is 144 Å². The molecule has 1 saturated carbocycles. The Morgan fingerprint density at radius 1 is 1.12 bits per heavy atom. The van der Waals surface area contributed by atoms with Crippen LogP contribution in [-0.2, 0) is 19.5 Å². The van der Waals surface area contributed by atoms with Crippen LogP contribution < -0.4 is 5.69 Å². The third-order valence-electron chi connectivity index (χ3n) is 5.60. The number of rotatable bonds is 3. The maximum absolute atomic E-state index is 12.9. The van der Waals surface area contributed by atoms with Gasteiger partial charge in [0.15, 0.2) is 0 Å². The van der Waals surface area contributed by atoms with Gasteiger partial charge in [-0.1, -0.05) is 0 Å². The van der Waals surface area contributed by atoms with Crippen LogP contribution in [0.25, 0.3) is 0 Å². The van der Waals surface area contributed by atoms with E-state index in [0.29, 0.717) is 24.4 Å². The molecule has 3 aliphatic rings. The van der Waals surface area contributed by atoms with E-state index in [0.717, 1.165) is 25.2 Å². The van der Waals surface area contributed by atoms with Crippen molar-refractivity contribution in [3.05, 3.63) is 40.6 Å². The van der Waals surface area contributed by atoms with Gasteiger partial charge in [0.05, 0.1) is 11.6 Å². The molecule has 0 N–H and O–H groups in total. The van der Waals surface area contributed by atoms with Gasteiger partial charge in [0, 0.05) is 37.9 Å². The SMILES string of the molecule is O=C(c1cncnc1)N1[C@@H]2CC[C@H]1Cc1nn(CC3CC3)c(=O)n1C2. The first-order valence-corrected chi connectivity index (χ1v) is 8.95. The molecule has 2 atom stereocenters. The van der Waals surface area contributed by atoms with Gasteiger partial charge in [-0.15, -0.1) is 0 Å². The van der Waals surface area contributed by atoms with Crippen LogP contribution in [0.5, 0.6) is 0 Å². The molecule has 8 nitrogen and oxygen atoms in total. The molecule has 5 rings (SSSR count). The molecule has 2 aliphatic heterocycles. The van der Waals surface area contributed by atoms with E-state index in [1.165, 1.54) is 19.2 Å². The molecule has 1 saturated heterocycles. The van der Waals surface area contributed by atoms with Crippen molar-refractivity contribution in [1.29, 1.82) is 0 Å². The molecule has 2 aromatic heterocycles. The highest BCUT2D eigenvalue weighted by molar-refractivity contribution is 5.94. The predicted octanol–water partition coefficient (Wildman–Crippen LogP) is 0.474. The molecule has 2 aromatic rings. The van der Waals surface area contributed by atoms with Crippen molar-refractivity contribution in [2.45, 2.75) is 57.3 Å². The van der Waals surface area contributed by atoms with Crippen molar-refractivity contribution >= 4 is 5.91 Å². The summed E-state index contributed by atoms with van der Waals surface area (Å²) in [5.74, 6) is 1.39. The van der Waals surface area contributed by atoms with Gasteiger partial charge in [-0.2, -0.15) is 5.10 Å². The minimum Gasteiger partial charge on any atom is -0.330 e. The number of hydrogen-bond acceptors (Lipinski definition) is 5. The van der Waals surface area contributed by atoms with Crippen LogP contribution in [0.3, 0.4) is 0 Å². The Morgan fingerprint density at radius 3 is 2.64 bits per heavy atom. The Hall–Kier alpha value is -2.51. The van der Waals surface area contributed by atoms with Crippen molar-refractivity contribution in [1.82, 2.24) is 29.2 Å². The fourth-order valence-electron chi connectivity index (χ4n) is 4.14. The van der Waals surface area contributed by atoms with Gasteiger partial charge >= 0.3 is 5.69 Å². The van der Waals surface area contributed by atoms with Crippen LogP contribution >= 0.6 is 0 Å². The van der Waals surface area contributed by atoms with E-state index in [1.54, 1.807) is 21.6 Å². The number of carbonyl (C=O) groups is 1. The lowest BCUT2D eigenvalue weighted by Gasteiger charge is -2.27. The Kier molecular flexibility index (Phi) is 3.26. The lowest BCUT2D eigenvalue weighted by molar-refractivity contribution is 0.0664. The van der Waals surface area contributed by atoms with Crippen molar-refractivity contribution in [3.8, 4) is 0 Å². The second-order valence-corrected chi connectivity index (χ2v) is 7.36. The second-order valence-electron chi connectivity index (χ2n) is 7.36. The van der Waals surface area contributed by atoms with Crippen molar-refractivity contribution in [3.63, 3.8) is 0 Å². The van der Waals surface area contributed by atoms with Gasteiger partial charge in [-0.3, -0.25) is 9.36 Å². The third kappa shape index (κ3) is 2.47. The summed E-state index contributed by atoms with van der Waals surface area (Å²) in [6, 6.07) is 0.130. The minimum atomic E-state index is -0.0443. The zero-order valence-electron chi connectivity index (χ0n) is 13.9. The summed E-state index contributed by atoms with van der Waals surface area (Å²) in [5.41, 5.74) is 0.481. The van der Waals surface area contributed by atoms with E-state index in [-0.39, 0.29) is 23.7 Å². The molecule has 25 heavy (non-hydrogen) atoms. The van der Waals surface area contributed by atoms with Crippen LogP contribution in [0.2, 0.25) is 0 Å². The number of nitrogens with zero attached hydrogens (tertiary/aromatic N) is 6. The van der Waals surface area contributed by atoms with Gasteiger partial charge in [0.2, 0.25) is 0 Å². The van der Waals surface area contributed by atoms with E-state index in [9.17, 15) is 9.59 Å².